The highest BCUT2D eigenvalue weighted by Crippen LogP contribution is 2.25. The summed E-state index contributed by atoms with van der Waals surface area (Å²) in [7, 11) is -3.67. The number of nitrogens with two attached hydrogens (primary N) is 1. The lowest BCUT2D eigenvalue weighted by atomic mass is 10.1. The lowest BCUT2D eigenvalue weighted by molar-refractivity contribution is 0.299. The third-order valence-corrected chi connectivity index (χ3v) is 7.03. The van der Waals surface area contributed by atoms with Crippen LogP contribution in [0, 0.1) is 0 Å². The van der Waals surface area contributed by atoms with Gasteiger partial charge in [-0.3, -0.25) is 0 Å². The summed E-state index contributed by atoms with van der Waals surface area (Å²) in [4.78, 5) is 0.275. The van der Waals surface area contributed by atoms with Gasteiger partial charge in [0.05, 0.1) is 9.79 Å². The van der Waals surface area contributed by atoms with E-state index in [1.165, 1.54) is 36.4 Å². The predicted octanol–water partition coefficient (Wildman–Crippen LogP) is 4.84. The van der Waals surface area contributed by atoms with Crippen molar-refractivity contribution in [1.29, 1.82) is 0 Å². The number of hydrogen-bond acceptors (Lipinski definition) is 6. The smallest absolute Gasteiger partial charge is 0.206 e. The monoisotopic (exact) mass is 475 g/mol. The Morgan fingerprint density at radius 3 is 1.62 bits per heavy atom. The lowest BCUT2D eigenvalue weighted by Gasteiger charge is -2.10. The Morgan fingerprint density at radius 1 is 0.647 bits per heavy atom. The van der Waals surface area contributed by atoms with Crippen molar-refractivity contribution < 1.29 is 23.0 Å². The number of aromatic hydroxyl groups is 1. The zero-order valence-corrected chi connectivity index (χ0v) is 19.2. The summed E-state index contributed by atoms with van der Waals surface area (Å²) in [6.45, 7) is 1.27. The molecule has 0 radical (unpaired) electrons. The van der Waals surface area contributed by atoms with E-state index >= 15 is 0 Å². The average molecular weight is 476 g/mol. The fraction of sp³-hybridized carbons (Fsp3) is 0.111. The largest absolute Gasteiger partial charge is 0.508 e. The molecule has 0 aliphatic heterocycles. The number of phenolic OH excluding ortho intramolecular Hbond substituents is 1. The molecule has 34 heavy (non-hydrogen) atoms. The van der Waals surface area contributed by atoms with Gasteiger partial charge in [0.25, 0.3) is 0 Å². The zero-order chi connectivity index (χ0) is 24.0. The summed E-state index contributed by atoms with van der Waals surface area (Å²) in [6.07, 6.45) is 0. The Bertz CT molecular complexity index is 1330. The van der Waals surface area contributed by atoms with Crippen LogP contribution in [-0.2, 0) is 29.6 Å². The van der Waals surface area contributed by atoms with E-state index in [0.717, 1.165) is 22.4 Å². The second-order valence-electron chi connectivity index (χ2n) is 7.71. The fourth-order valence-electron chi connectivity index (χ4n) is 3.34. The molecule has 3 N–H and O–H groups in total. The molecule has 4 rings (SSSR count). The maximum absolute atomic E-state index is 12.7. The summed E-state index contributed by atoms with van der Waals surface area (Å²) in [5.41, 5.74) is 8.66. The van der Waals surface area contributed by atoms with Gasteiger partial charge in [0.2, 0.25) is 9.84 Å². The van der Waals surface area contributed by atoms with Crippen LogP contribution < -0.4 is 15.2 Å². The standard InChI is InChI=1S/C27H25NO5S/c28-17-20-4-8-24(9-5-20)32-18-21-2-1-3-22(16-21)19-33-25-10-14-27(15-11-25)34(30,31)26-12-6-23(29)7-13-26/h1-16,29H,17-19,28H2. The number of ether oxygens (including phenoxy) is 2. The van der Waals surface area contributed by atoms with E-state index in [4.69, 9.17) is 15.2 Å². The van der Waals surface area contributed by atoms with Crippen LogP contribution in [0.5, 0.6) is 17.2 Å². The van der Waals surface area contributed by atoms with E-state index in [0.29, 0.717) is 25.5 Å². The Morgan fingerprint density at radius 2 is 1.12 bits per heavy atom. The van der Waals surface area contributed by atoms with Gasteiger partial charge in [-0.15, -0.1) is 0 Å². The van der Waals surface area contributed by atoms with Gasteiger partial charge in [0.15, 0.2) is 0 Å². The van der Waals surface area contributed by atoms with Gasteiger partial charge < -0.3 is 20.3 Å². The molecule has 0 spiro atoms. The van der Waals surface area contributed by atoms with Crippen molar-refractivity contribution in [1.82, 2.24) is 0 Å². The molecule has 0 unspecified atom stereocenters. The van der Waals surface area contributed by atoms with Gasteiger partial charge in [-0.05, 0) is 83.4 Å². The maximum atomic E-state index is 12.7. The number of sulfone groups is 1. The first-order chi connectivity index (χ1) is 16.4. The predicted molar refractivity (Wildman–Crippen MR) is 129 cm³/mol. The van der Waals surface area contributed by atoms with Crippen molar-refractivity contribution in [3.63, 3.8) is 0 Å². The van der Waals surface area contributed by atoms with Gasteiger partial charge in [0, 0.05) is 6.54 Å². The number of benzene rings is 4. The number of rotatable bonds is 9. The average Bonchev–Trinajstić information content (AvgIpc) is 2.87. The van der Waals surface area contributed by atoms with Crippen LogP contribution in [0.25, 0.3) is 0 Å². The van der Waals surface area contributed by atoms with Gasteiger partial charge >= 0.3 is 0 Å². The normalized spacial score (nSPS) is 11.2. The quantitative estimate of drug-likeness (QED) is 0.359. The first-order valence-electron chi connectivity index (χ1n) is 10.7. The van der Waals surface area contributed by atoms with E-state index in [9.17, 15) is 13.5 Å². The molecule has 6 nitrogen and oxygen atoms in total. The summed E-state index contributed by atoms with van der Waals surface area (Å²) in [5, 5.41) is 9.38. The second kappa shape index (κ2) is 10.4. The van der Waals surface area contributed by atoms with Gasteiger partial charge in [-0.2, -0.15) is 0 Å². The van der Waals surface area contributed by atoms with Crippen molar-refractivity contribution in [2.24, 2.45) is 5.73 Å². The maximum Gasteiger partial charge on any atom is 0.206 e. The third kappa shape index (κ3) is 5.75. The molecule has 7 heteroatoms. The minimum atomic E-state index is -3.67. The number of hydrogen-bond donors (Lipinski definition) is 2. The SMILES string of the molecule is NCc1ccc(OCc2cccc(COc3ccc(S(=O)(=O)c4ccc(O)cc4)cc3)c2)cc1. The molecule has 0 bridgehead atoms. The molecule has 4 aromatic carbocycles. The Kier molecular flexibility index (Phi) is 7.15. The molecule has 0 fully saturated rings. The Balaban J connectivity index is 1.35. The van der Waals surface area contributed by atoms with E-state index < -0.39 is 9.84 Å². The molecule has 0 heterocycles. The van der Waals surface area contributed by atoms with Crippen molar-refractivity contribution in [2.75, 3.05) is 0 Å². The Hall–Kier alpha value is -3.81. The molecule has 0 aliphatic carbocycles. The molecule has 174 valence electrons. The molecule has 0 aliphatic rings. The van der Waals surface area contributed by atoms with Crippen LogP contribution in [0.3, 0.4) is 0 Å². The van der Waals surface area contributed by atoms with E-state index in [2.05, 4.69) is 0 Å². The van der Waals surface area contributed by atoms with Crippen molar-refractivity contribution >= 4 is 9.84 Å². The zero-order valence-electron chi connectivity index (χ0n) is 18.4. The molecule has 0 atom stereocenters. The summed E-state index contributed by atoms with van der Waals surface area (Å²) < 4.78 is 37.1. The fourth-order valence-corrected chi connectivity index (χ4v) is 4.60. The summed E-state index contributed by atoms with van der Waals surface area (Å²) in [5.74, 6) is 1.35. The van der Waals surface area contributed by atoms with Crippen molar-refractivity contribution in [3.8, 4) is 17.2 Å². The molecule has 0 amide bonds. The van der Waals surface area contributed by atoms with Crippen molar-refractivity contribution in [3.05, 3.63) is 114 Å². The van der Waals surface area contributed by atoms with Gasteiger partial charge in [-0.1, -0.05) is 30.3 Å². The van der Waals surface area contributed by atoms with E-state index in [-0.39, 0.29) is 15.5 Å². The van der Waals surface area contributed by atoms with Gasteiger partial charge in [-0.25, -0.2) is 8.42 Å². The summed E-state index contributed by atoms with van der Waals surface area (Å²) >= 11 is 0. The highest BCUT2D eigenvalue weighted by Gasteiger charge is 2.17. The molecule has 0 saturated heterocycles. The topological polar surface area (TPSA) is 98.9 Å². The van der Waals surface area contributed by atoms with Crippen LogP contribution >= 0.6 is 0 Å². The number of phenols is 1. The minimum absolute atomic E-state index is 0.0134. The van der Waals surface area contributed by atoms with Crippen LogP contribution in [0.4, 0.5) is 0 Å². The highest BCUT2D eigenvalue weighted by molar-refractivity contribution is 7.91. The van der Waals surface area contributed by atoms with Crippen LogP contribution in [0.15, 0.2) is 107 Å². The van der Waals surface area contributed by atoms with E-state index in [1.54, 1.807) is 12.1 Å². The van der Waals surface area contributed by atoms with Crippen LogP contribution in [0.2, 0.25) is 0 Å². The summed E-state index contributed by atoms with van der Waals surface area (Å²) in [6, 6.07) is 27.3. The molecular formula is C27H25NO5S. The minimum Gasteiger partial charge on any atom is -0.508 e. The van der Waals surface area contributed by atoms with E-state index in [1.807, 2.05) is 48.5 Å². The third-order valence-electron chi connectivity index (χ3n) is 5.24. The first-order valence-corrected chi connectivity index (χ1v) is 12.2. The van der Waals surface area contributed by atoms with Gasteiger partial charge in [0.1, 0.15) is 30.5 Å². The first kappa shape index (κ1) is 23.4. The highest BCUT2D eigenvalue weighted by atomic mass is 32.2. The second-order valence-corrected chi connectivity index (χ2v) is 9.66. The molecule has 4 aromatic rings. The lowest BCUT2D eigenvalue weighted by Crippen LogP contribution is -2.02. The van der Waals surface area contributed by atoms with Crippen LogP contribution in [0.1, 0.15) is 16.7 Å². The van der Waals surface area contributed by atoms with Crippen molar-refractivity contribution in [2.45, 2.75) is 29.5 Å². The molecular weight excluding hydrogens is 450 g/mol. The van der Waals surface area contributed by atoms with Crippen LogP contribution in [-0.4, -0.2) is 13.5 Å². The molecule has 0 aromatic heterocycles. The Labute approximate surface area is 199 Å². The molecule has 0 saturated carbocycles.